The largest absolute Gasteiger partial charge is 0.135 e. The number of halogens is 1. The minimum atomic E-state index is 0.876. The van der Waals surface area contributed by atoms with Gasteiger partial charge in [-0.15, -0.1) is 11.3 Å². The van der Waals surface area contributed by atoms with E-state index in [9.17, 15) is 0 Å². The van der Waals surface area contributed by atoms with E-state index in [4.69, 9.17) is 11.6 Å². The van der Waals surface area contributed by atoms with E-state index in [0.29, 0.717) is 0 Å². The zero-order chi connectivity index (χ0) is 12.1. The van der Waals surface area contributed by atoms with Crippen LogP contribution in [0.1, 0.15) is 0 Å². The van der Waals surface area contributed by atoms with Crippen LogP contribution in [0.4, 0.5) is 0 Å². The molecular formula is C16H9ClS. The Bertz CT molecular complexity index is 889. The monoisotopic (exact) mass is 268 g/mol. The van der Waals surface area contributed by atoms with Crippen LogP contribution in [0.25, 0.3) is 30.9 Å². The lowest BCUT2D eigenvalue weighted by molar-refractivity contribution is 1.81. The van der Waals surface area contributed by atoms with E-state index >= 15 is 0 Å². The van der Waals surface area contributed by atoms with Gasteiger partial charge in [0.1, 0.15) is 0 Å². The molecule has 0 atom stereocenters. The van der Waals surface area contributed by atoms with Crippen molar-refractivity contribution in [3.8, 4) is 0 Å². The smallest absolute Gasteiger partial charge is 0.0577 e. The van der Waals surface area contributed by atoms with Gasteiger partial charge in [0.25, 0.3) is 0 Å². The molecule has 0 fully saturated rings. The zero-order valence-electron chi connectivity index (χ0n) is 9.48. The summed E-state index contributed by atoms with van der Waals surface area (Å²) < 4.78 is 2.56. The Hall–Kier alpha value is -1.57. The summed E-state index contributed by atoms with van der Waals surface area (Å²) in [4.78, 5) is 0. The molecule has 0 bridgehead atoms. The minimum absolute atomic E-state index is 0.876. The van der Waals surface area contributed by atoms with Crippen LogP contribution in [-0.2, 0) is 0 Å². The number of hydrogen-bond donors (Lipinski definition) is 0. The van der Waals surface area contributed by atoms with Crippen LogP contribution in [0.5, 0.6) is 0 Å². The maximum atomic E-state index is 6.60. The fourth-order valence-electron chi connectivity index (χ4n) is 2.49. The lowest BCUT2D eigenvalue weighted by Crippen LogP contribution is -1.75. The van der Waals surface area contributed by atoms with Crippen LogP contribution in [0, 0.1) is 0 Å². The van der Waals surface area contributed by atoms with Gasteiger partial charge in [-0.05, 0) is 17.5 Å². The topological polar surface area (TPSA) is 0 Å². The average Bonchev–Trinajstić information content (AvgIpc) is 2.77. The van der Waals surface area contributed by atoms with Gasteiger partial charge in [-0.2, -0.15) is 0 Å². The van der Waals surface area contributed by atoms with E-state index in [1.807, 2.05) is 6.07 Å². The lowest BCUT2D eigenvalue weighted by Gasteiger charge is -2.02. The number of thiophene rings is 1. The van der Waals surface area contributed by atoms with Crippen molar-refractivity contribution in [2.45, 2.75) is 0 Å². The Balaban J connectivity index is 2.34. The summed E-state index contributed by atoms with van der Waals surface area (Å²) in [6.07, 6.45) is 0. The van der Waals surface area contributed by atoms with Gasteiger partial charge in [-0.3, -0.25) is 0 Å². The quantitative estimate of drug-likeness (QED) is 0.375. The average molecular weight is 269 g/mol. The van der Waals surface area contributed by atoms with Crippen molar-refractivity contribution < 1.29 is 0 Å². The molecule has 0 saturated heterocycles. The summed E-state index contributed by atoms with van der Waals surface area (Å²) in [5.74, 6) is 0. The molecule has 4 aromatic rings. The van der Waals surface area contributed by atoms with Crippen molar-refractivity contribution in [3.63, 3.8) is 0 Å². The second-order valence-electron chi connectivity index (χ2n) is 4.38. The third-order valence-corrected chi connectivity index (χ3v) is 4.84. The number of rotatable bonds is 0. The molecule has 4 rings (SSSR count). The third kappa shape index (κ3) is 1.32. The van der Waals surface area contributed by atoms with Crippen molar-refractivity contribution >= 4 is 53.9 Å². The second kappa shape index (κ2) is 3.71. The van der Waals surface area contributed by atoms with Crippen LogP contribution in [0.15, 0.2) is 54.6 Å². The number of hydrogen-bond acceptors (Lipinski definition) is 1. The fourth-order valence-corrected chi connectivity index (χ4v) is 4.09. The first kappa shape index (κ1) is 10.4. The molecular weight excluding hydrogens is 260 g/mol. The summed E-state index contributed by atoms with van der Waals surface area (Å²) in [5.41, 5.74) is 0. The summed E-state index contributed by atoms with van der Waals surface area (Å²) in [6, 6.07) is 19.0. The molecule has 0 aliphatic carbocycles. The van der Waals surface area contributed by atoms with Gasteiger partial charge < -0.3 is 0 Å². The highest BCUT2D eigenvalue weighted by Gasteiger charge is 2.11. The zero-order valence-corrected chi connectivity index (χ0v) is 11.1. The summed E-state index contributed by atoms with van der Waals surface area (Å²) >= 11 is 8.41. The van der Waals surface area contributed by atoms with E-state index < -0.39 is 0 Å². The molecule has 0 nitrogen and oxygen atoms in total. The molecule has 86 valence electrons. The Kier molecular flexibility index (Phi) is 2.14. The lowest BCUT2D eigenvalue weighted by atomic mass is 10.1. The normalized spacial score (nSPS) is 11.6. The Labute approximate surface area is 113 Å². The second-order valence-corrected chi connectivity index (χ2v) is 5.84. The summed E-state index contributed by atoms with van der Waals surface area (Å²) in [5, 5.41) is 5.67. The Morgan fingerprint density at radius 2 is 1.50 bits per heavy atom. The van der Waals surface area contributed by atoms with Crippen molar-refractivity contribution in [1.82, 2.24) is 0 Å². The van der Waals surface area contributed by atoms with E-state index in [-0.39, 0.29) is 0 Å². The van der Waals surface area contributed by atoms with Gasteiger partial charge in [0.05, 0.1) is 5.02 Å². The van der Waals surface area contributed by atoms with Crippen molar-refractivity contribution in [2.75, 3.05) is 0 Å². The van der Waals surface area contributed by atoms with Gasteiger partial charge in [-0.1, -0.05) is 54.1 Å². The van der Waals surface area contributed by atoms with E-state index in [1.54, 1.807) is 11.3 Å². The van der Waals surface area contributed by atoms with E-state index in [0.717, 1.165) is 10.4 Å². The SMILES string of the molecule is Clc1c2ccccc2cc2sc3ccccc3c12. The number of benzene rings is 3. The molecule has 1 aromatic heterocycles. The predicted octanol–water partition coefficient (Wildman–Crippen LogP) is 5.86. The van der Waals surface area contributed by atoms with Crippen LogP contribution >= 0.6 is 22.9 Å². The molecule has 3 aromatic carbocycles. The van der Waals surface area contributed by atoms with E-state index in [2.05, 4.69) is 48.5 Å². The standard InChI is InChI=1S/C16H9ClS/c17-16-11-6-2-1-5-10(11)9-14-15(16)12-7-3-4-8-13(12)18-14/h1-9H. The Morgan fingerprint density at radius 3 is 2.39 bits per heavy atom. The highest BCUT2D eigenvalue weighted by Crippen LogP contribution is 2.41. The molecule has 18 heavy (non-hydrogen) atoms. The first-order valence-electron chi connectivity index (χ1n) is 5.83. The maximum Gasteiger partial charge on any atom is 0.0577 e. The van der Waals surface area contributed by atoms with Crippen LogP contribution in [0.3, 0.4) is 0 Å². The fraction of sp³-hybridized carbons (Fsp3) is 0. The van der Waals surface area contributed by atoms with E-state index in [1.165, 1.54) is 25.6 Å². The van der Waals surface area contributed by atoms with Gasteiger partial charge in [0.2, 0.25) is 0 Å². The highest BCUT2D eigenvalue weighted by molar-refractivity contribution is 7.26. The molecule has 1 heterocycles. The third-order valence-electron chi connectivity index (χ3n) is 3.33. The predicted molar refractivity (Wildman–Crippen MR) is 81.8 cm³/mol. The molecule has 2 heteroatoms. The van der Waals surface area contributed by atoms with Crippen molar-refractivity contribution in [2.24, 2.45) is 0 Å². The maximum absolute atomic E-state index is 6.60. The van der Waals surface area contributed by atoms with Gasteiger partial charge in [0, 0.05) is 25.6 Å². The van der Waals surface area contributed by atoms with Crippen molar-refractivity contribution in [3.05, 3.63) is 59.6 Å². The molecule has 0 amide bonds. The first-order valence-corrected chi connectivity index (χ1v) is 7.02. The van der Waals surface area contributed by atoms with Crippen LogP contribution in [0.2, 0.25) is 5.02 Å². The molecule has 0 N–H and O–H groups in total. The van der Waals surface area contributed by atoms with Crippen LogP contribution < -0.4 is 0 Å². The molecule has 0 saturated carbocycles. The Morgan fingerprint density at radius 1 is 0.778 bits per heavy atom. The van der Waals surface area contributed by atoms with Gasteiger partial charge in [0.15, 0.2) is 0 Å². The van der Waals surface area contributed by atoms with Gasteiger partial charge in [-0.25, -0.2) is 0 Å². The highest BCUT2D eigenvalue weighted by atomic mass is 35.5. The molecule has 0 radical (unpaired) electrons. The summed E-state index contributed by atoms with van der Waals surface area (Å²) in [6.45, 7) is 0. The molecule has 0 aliphatic rings. The molecule has 0 spiro atoms. The first-order chi connectivity index (χ1) is 8.84. The minimum Gasteiger partial charge on any atom is -0.135 e. The number of fused-ring (bicyclic) bond motifs is 4. The summed E-state index contributed by atoms with van der Waals surface area (Å²) in [7, 11) is 0. The van der Waals surface area contributed by atoms with Crippen molar-refractivity contribution in [1.29, 1.82) is 0 Å². The molecule has 0 aliphatic heterocycles. The molecule has 0 unspecified atom stereocenters. The van der Waals surface area contributed by atoms with Crippen LogP contribution in [-0.4, -0.2) is 0 Å². The van der Waals surface area contributed by atoms with Gasteiger partial charge >= 0.3 is 0 Å².